The number of likely N-dealkylation sites (N-methyl/N-ethyl adjacent to an activating group) is 1. The summed E-state index contributed by atoms with van der Waals surface area (Å²) in [5, 5.41) is 1.01. The number of carbonyl (C=O) groups excluding carboxylic acids is 1. The maximum atomic E-state index is 12.5. The number of para-hydroxylation sites is 1. The first kappa shape index (κ1) is 16.1. The van der Waals surface area contributed by atoms with Gasteiger partial charge in [0.05, 0.1) is 6.04 Å². The zero-order valence-electron chi connectivity index (χ0n) is 14.0. The molecule has 1 atom stereocenters. The van der Waals surface area contributed by atoms with Crippen molar-refractivity contribution >= 4 is 16.9 Å². The Labute approximate surface area is 140 Å². The molecule has 0 bridgehead atoms. The maximum absolute atomic E-state index is 12.5. The lowest BCUT2D eigenvalue weighted by atomic mass is 10.2. The molecule has 24 heavy (non-hydrogen) atoms. The molecule has 0 aliphatic heterocycles. The van der Waals surface area contributed by atoms with Gasteiger partial charge in [0.1, 0.15) is 17.9 Å². The first-order valence-electron chi connectivity index (χ1n) is 7.87. The summed E-state index contributed by atoms with van der Waals surface area (Å²) in [6.45, 7) is 3.67. The van der Waals surface area contributed by atoms with Gasteiger partial charge in [-0.2, -0.15) is 0 Å². The van der Waals surface area contributed by atoms with Gasteiger partial charge in [-0.05, 0) is 32.0 Å². The van der Waals surface area contributed by atoms with Crippen molar-refractivity contribution in [3.63, 3.8) is 0 Å². The van der Waals surface area contributed by atoms with Gasteiger partial charge in [-0.3, -0.25) is 9.59 Å². The molecule has 0 spiro atoms. The Hall–Kier alpha value is -2.82. The molecule has 1 amide bonds. The maximum Gasteiger partial charge on any atom is 0.253 e. The Bertz CT molecular complexity index is 906. The number of amides is 1. The largest absolute Gasteiger partial charge is 0.459 e. The van der Waals surface area contributed by atoms with Gasteiger partial charge in [0.15, 0.2) is 0 Å². The van der Waals surface area contributed by atoms with Crippen molar-refractivity contribution in [1.29, 1.82) is 0 Å². The lowest BCUT2D eigenvalue weighted by Crippen LogP contribution is -2.35. The second-order valence-corrected chi connectivity index (χ2v) is 5.99. The Kier molecular flexibility index (Phi) is 4.25. The Morgan fingerprint density at radius 1 is 1.25 bits per heavy atom. The van der Waals surface area contributed by atoms with Crippen LogP contribution in [0.15, 0.2) is 57.9 Å². The van der Waals surface area contributed by atoms with Crippen LogP contribution in [0.3, 0.4) is 0 Å². The summed E-state index contributed by atoms with van der Waals surface area (Å²) in [4.78, 5) is 26.2. The smallest absolute Gasteiger partial charge is 0.253 e. The van der Waals surface area contributed by atoms with E-state index in [-0.39, 0.29) is 24.1 Å². The molecule has 0 aliphatic carbocycles. The average Bonchev–Trinajstić information content (AvgIpc) is 3.01. The SMILES string of the molecule is Cc1cccn(CC(=O)N(C)[C@@H](C)c2cc3ccccc3o2)c1=O. The number of pyridine rings is 1. The molecule has 0 N–H and O–H groups in total. The highest BCUT2D eigenvalue weighted by Crippen LogP contribution is 2.26. The molecule has 2 aromatic heterocycles. The summed E-state index contributed by atoms with van der Waals surface area (Å²) < 4.78 is 7.26. The van der Waals surface area contributed by atoms with E-state index in [1.165, 1.54) is 4.57 Å². The Morgan fingerprint density at radius 3 is 2.75 bits per heavy atom. The molecule has 0 saturated heterocycles. The van der Waals surface area contributed by atoms with Crippen molar-refractivity contribution < 1.29 is 9.21 Å². The monoisotopic (exact) mass is 324 g/mol. The van der Waals surface area contributed by atoms with Gasteiger partial charge < -0.3 is 13.9 Å². The predicted octanol–water partition coefficient (Wildman–Crippen LogP) is 3.12. The zero-order chi connectivity index (χ0) is 17.3. The minimum atomic E-state index is -0.217. The third-order valence-electron chi connectivity index (χ3n) is 4.35. The van der Waals surface area contributed by atoms with E-state index in [0.29, 0.717) is 5.56 Å². The molecule has 0 radical (unpaired) electrons. The lowest BCUT2D eigenvalue weighted by Gasteiger charge is -2.23. The number of hydrogen-bond acceptors (Lipinski definition) is 3. The van der Waals surface area contributed by atoms with Crippen molar-refractivity contribution in [2.75, 3.05) is 7.05 Å². The van der Waals surface area contributed by atoms with Crippen LogP contribution >= 0.6 is 0 Å². The summed E-state index contributed by atoms with van der Waals surface area (Å²) in [5.41, 5.74) is 1.28. The first-order valence-corrected chi connectivity index (χ1v) is 7.87. The highest BCUT2D eigenvalue weighted by molar-refractivity contribution is 5.79. The third kappa shape index (κ3) is 2.97. The number of nitrogens with zero attached hydrogens (tertiary/aromatic N) is 2. The molecule has 124 valence electrons. The molecule has 0 saturated carbocycles. The van der Waals surface area contributed by atoms with E-state index in [2.05, 4.69) is 0 Å². The minimum absolute atomic E-state index is 0.0155. The van der Waals surface area contributed by atoms with Crippen LogP contribution in [0, 0.1) is 6.92 Å². The predicted molar refractivity (Wildman–Crippen MR) is 92.8 cm³/mol. The fourth-order valence-electron chi connectivity index (χ4n) is 2.65. The van der Waals surface area contributed by atoms with Gasteiger partial charge in [0, 0.05) is 24.2 Å². The molecule has 2 heterocycles. The summed E-state index contributed by atoms with van der Waals surface area (Å²) in [6, 6.07) is 13.0. The number of furan rings is 1. The van der Waals surface area contributed by atoms with E-state index in [1.807, 2.05) is 37.3 Å². The molecule has 5 heteroatoms. The first-order chi connectivity index (χ1) is 11.5. The highest BCUT2D eigenvalue weighted by Gasteiger charge is 2.21. The topological polar surface area (TPSA) is 55.5 Å². The number of carbonyl (C=O) groups is 1. The molecule has 5 nitrogen and oxygen atoms in total. The standard InChI is InChI=1S/C19H20N2O3/c1-13-7-6-10-21(19(13)23)12-18(22)20(3)14(2)17-11-15-8-4-5-9-16(15)24-17/h4-11,14H,12H2,1-3H3/t14-/m0/s1. The number of aryl methyl sites for hydroxylation is 1. The normalized spacial score (nSPS) is 12.3. The van der Waals surface area contributed by atoms with Gasteiger partial charge in [0.2, 0.25) is 5.91 Å². The molecular weight excluding hydrogens is 304 g/mol. The fraction of sp³-hybridized carbons (Fsp3) is 0.263. The number of aromatic nitrogens is 1. The van der Waals surface area contributed by atoms with Crippen LogP contribution in [0.25, 0.3) is 11.0 Å². The molecule has 0 aliphatic rings. The van der Waals surface area contributed by atoms with Crippen LogP contribution in [0.5, 0.6) is 0 Å². The second-order valence-electron chi connectivity index (χ2n) is 5.99. The molecule has 0 unspecified atom stereocenters. The van der Waals surface area contributed by atoms with Gasteiger partial charge >= 0.3 is 0 Å². The van der Waals surface area contributed by atoms with Crippen molar-refractivity contribution in [3.05, 3.63) is 70.3 Å². The summed E-state index contributed by atoms with van der Waals surface area (Å²) in [5.74, 6) is 0.583. The van der Waals surface area contributed by atoms with Crippen LogP contribution in [-0.2, 0) is 11.3 Å². The van der Waals surface area contributed by atoms with Crippen molar-refractivity contribution in [2.24, 2.45) is 0 Å². The quantitative estimate of drug-likeness (QED) is 0.741. The molecule has 3 rings (SSSR count). The van der Waals surface area contributed by atoms with E-state index in [1.54, 1.807) is 37.2 Å². The van der Waals surface area contributed by atoms with Crippen LogP contribution < -0.4 is 5.56 Å². The van der Waals surface area contributed by atoms with Crippen LogP contribution in [-0.4, -0.2) is 22.4 Å². The Morgan fingerprint density at radius 2 is 2.00 bits per heavy atom. The number of fused-ring (bicyclic) bond motifs is 1. The number of hydrogen-bond donors (Lipinski definition) is 0. The summed E-state index contributed by atoms with van der Waals surface area (Å²) in [7, 11) is 1.72. The van der Waals surface area contributed by atoms with Crippen LogP contribution in [0.1, 0.15) is 24.3 Å². The summed E-state index contributed by atoms with van der Waals surface area (Å²) in [6.07, 6.45) is 1.63. The fourth-order valence-corrected chi connectivity index (χ4v) is 2.65. The van der Waals surface area contributed by atoms with Crippen LogP contribution in [0.2, 0.25) is 0 Å². The van der Waals surface area contributed by atoms with Gasteiger partial charge in [-0.1, -0.05) is 24.3 Å². The molecule has 0 fully saturated rings. The van der Waals surface area contributed by atoms with Crippen molar-refractivity contribution in [3.8, 4) is 0 Å². The number of rotatable bonds is 4. The summed E-state index contributed by atoms with van der Waals surface area (Å²) >= 11 is 0. The average molecular weight is 324 g/mol. The van der Waals surface area contributed by atoms with E-state index in [9.17, 15) is 9.59 Å². The molecule has 1 aromatic carbocycles. The van der Waals surface area contributed by atoms with E-state index >= 15 is 0 Å². The number of benzene rings is 1. The van der Waals surface area contributed by atoms with Gasteiger partial charge in [-0.25, -0.2) is 0 Å². The highest BCUT2D eigenvalue weighted by atomic mass is 16.3. The Balaban J connectivity index is 1.79. The third-order valence-corrected chi connectivity index (χ3v) is 4.35. The minimum Gasteiger partial charge on any atom is -0.459 e. The van der Waals surface area contributed by atoms with Gasteiger partial charge in [0.25, 0.3) is 5.56 Å². The zero-order valence-corrected chi connectivity index (χ0v) is 14.0. The lowest BCUT2D eigenvalue weighted by molar-refractivity contribution is -0.132. The molecular formula is C19H20N2O3. The second kappa shape index (κ2) is 6.35. The van der Waals surface area contributed by atoms with Crippen molar-refractivity contribution in [1.82, 2.24) is 9.47 Å². The van der Waals surface area contributed by atoms with E-state index in [0.717, 1.165) is 16.7 Å². The van der Waals surface area contributed by atoms with Gasteiger partial charge in [-0.15, -0.1) is 0 Å². The van der Waals surface area contributed by atoms with E-state index in [4.69, 9.17) is 4.42 Å². The van der Waals surface area contributed by atoms with Crippen LogP contribution in [0.4, 0.5) is 0 Å². The molecule has 3 aromatic rings. The van der Waals surface area contributed by atoms with E-state index < -0.39 is 0 Å². The van der Waals surface area contributed by atoms with Crippen molar-refractivity contribution in [2.45, 2.75) is 26.4 Å².